The van der Waals surface area contributed by atoms with Crippen LogP contribution >= 0.6 is 0 Å². The standard InChI is InChI=1S/C14H19OSi2/c1-16(2)15-17(3,4)14-11-7-9-12-8-5-6-10-13(12)14/h5-11H,1-4H3. The highest BCUT2D eigenvalue weighted by molar-refractivity contribution is 6.90. The lowest BCUT2D eigenvalue weighted by Gasteiger charge is -2.27. The zero-order chi connectivity index (χ0) is 12.5. The van der Waals surface area contributed by atoms with E-state index in [1.165, 1.54) is 16.0 Å². The third kappa shape index (κ3) is 2.68. The van der Waals surface area contributed by atoms with E-state index in [4.69, 9.17) is 4.12 Å². The Morgan fingerprint density at radius 3 is 2.29 bits per heavy atom. The Kier molecular flexibility index (Phi) is 3.51. The van der Waals surface area contributed by atoms with Crippen molar-refractivity contribution in [2.75, 3.05) is 0 Å². The molecule has 0 heterocycles. The summed E-state index contributed by atoms with van der Waals surface area (Å²) in [5, 5.41) is 4.09. The smallest absolute Gasteiger partial charge is 0.206 e. The topological polar surface area (TPSA) is 9.23 Å². The average Bonchev–Trinajstić information content (AvgIpc) is 2.26. The van der Waals surface area contributed by atoms with Gasteiger partial charge in [0.15, 0.2) is 9.04 Å². The van der Waals surface area contributed by atoms with E-state index in [0.717, 1.165) is 0 Å². The summed E-state index contributed by atoms with van der Waals surface area (Å²) < 4.78 is 6.27. The molecule has 2 rings (SSSR count). The quantitative estimate of drug-likeness (QED) is 0.766. The molecular weight excluding hydrogens is 240 g/mol. The molecule has 0 saturated carbocycles. The van der Waals surface area contributed by atoms with Gasteiger partial charge in [-0.3, -0.25) is 0 Å². The number of fused-ring (bicyclic) bond motifs is 1. The fourth-order valence-electron chi connectivity index (χ4n) is 2.32. The van der Waals surface area contributed by atoms with Gasteiger partial charge in [-0.1, -0.05) is 42.5 Å². The van der Waals surface area contributed by atoms with Crippen LogP contribution in [0.2, 0.25) is 26.2 Å². The van der Waals surface area contributed by atoms with Crippen molar-refractivity contribution in [1.29, 1.82) is 0 Å². The van der Waals surface area contributed by atoms with Crippen LogP contribution in [0.3, 0.4) is 0 Å². The molecule has 0 fully saturated rings. The molecule has 3 heteroatoms. The molecule has 0 aliphatic rings. The van der Waals surface area contributed by atoms with E-state index in [1.807, 2.05) is 0 Å². The summed E-state index contributed by atoms with van der Waals surface area (Å²) in [5.41, 5.74) is 0. The maximum absolute atomic E-state index is 6.27. The zero-order valence-corrected chi connectivity index (χ0v) is 12.9. The molecule has 0 unspecified atom stereocenters. The van der Waals surface area contributed by atoms with Crippen LogP contribution < -0.4 is 5.19 Å². The summed E-state index contributed by atoms with van der Waals surface area (Å²) in [4.78, 5) is 0. The van der Waals surface area contributed by atoms with E-state index in [0.29, 0.717) is 0 Å². The highest BCUT2D eigenvalue weighted by Gasteiger charge is 2.28. The molecule has 2 aromatic rings. The van der Waals surface area contributed by atoms with Crippen LogP contribution in [0.25, 0.3) is 10.8 Å². The van der Waals surface area contributed by atoms with Gasteiger partial charge in [0, 0.05) is 0 Å². The van der Waals surface area contributed by atoms with Crippen molar-refractivity contribution in [1.82, 2.24) is 0 Å². The minimum Gasteiger partial charge on any atom is -0.452 e. The lowest BCUT2D eigenvalue weighted by Crippen LogP contribution is -2.47. The summed E-state index contributed by atoms with van der Waals surface area (Å²) in [6.45, 7) is 9.02. The van der Waals surface area contributed by atoms with E-state index >= 15 is 0 Å². The highest BCUT2D eigenvalue weighted by atomic mass is 28.4. The minimum absolute atomic E-state index is 0.645. The second-order valence-corrected chi connectivity index (χ2v) is 11.2. The molecule has 1 nitrogen and oxygen atoms in total. The first-order chi connectivity index (χ1) is 8.00. The normalized spacial score (nSPS) is 12.3. The van der Waals surface area contributed by atoms with Gasteiger partial charge in [-0.15, -0.1) is 0 Å². The van der Waals surface area contributed by atoms with Crippen LogP contribution in [0.4, 0.5) is 0 Å². The summed E-state index contributed by atoms with van der Waals surface area (Å²) in [7, 11) is -2.41. The third-order valence-corrected chi connectivity index (χ3v) is 8.31. The number of hydrogen-bond donors (Lipinski definition) is 0. The lowest BCUT2D eigenvalue weighted by atomic mass is 10.1. The minimum atomic E-state index is -1.76. The number of hydrogen-bond acceptors (Lipinski definition) is 1. The largest absolute Gasteiger partial charge is 0.452 e. The molecule has 0 amide bonds. The molecule has 0 atom stereocenters. The molecule has 1 radical (unpaired) electrons. The number of benzene rings is 2. The fraction of sp³-hybridized carbons (Fsp3) is 0.286. The second-order valence-electron chi connectivity index (χ2n) is 5.05. The highest BCUT2D eigenvalue weighted by Crippen LogP contribution is 2.16. The molecule has 17 heavy (non-hydrogen) atoms. The van der Waals surface area contributed by atoms with Crippen LogP contribution in [0.15, 0.2) is 42.5 Å². The van der Waals surface area contributed by atoms with Crippen LogP contribution in [-0.2, 0) is 4.12 Å². The average molecular weight is 259 g/mol. The van der Waals surface area contributed by atoms with Gasteiger partial charge in [0.2, 0.25) is 8.32 Å². The molecule has 0 aliphatic heterocycles. The fourth-order valence-corrected chi connectivity index (χ4v) is 8.21. The summed E-state index contributed by atoms with van der Waals surface area (Å²) in [5.74, 6) is 0. The van der Waals surface area contributed by atoms with Gasteiger partial charge in [-0.2, -0.15) is 0 Å². The maximum Gasteiger partial charge on any atom is 0.206 e. The second kappa shape index (κ2) is 4.76. The van der Waals surface area contributed by atoms with Crippen molar-refractivity contribution >= 4 is 33.3 Å². The monoisotopic (exact) mass is 259 g/mol. The summed E-state index contributed by atoms with van der Waals surface area (Å²) in [6, 6.07) is 15.1. The van der Waals surface area contributed by atoms with Gasteiger partial charge in [-0.25, -0.2) is 0 Å². The maximum atomic E-state index is 6.27. The van der Waals surface area contributed by atoms with Gasteiger partial charge in [0.05, 0.1) is 0 Å². The first-order valence-corrected chi connectivity index (χ1v) is 11.3. The molecule has 0 N–H and O–H groups in total. The predicted molar refractivity (Wildman–Crippen MR) is 79.6 cm³/mol. The van der Waals surface area contributed by atoms with E-state index in [1.54, 1.807) is 0 Å². The van der Waals surface area contributed by atoms with Gasteiger partial charge >= 0.3 is 0 Å². The van der Waals surface area contributed by atoms with Crippen molar-refractivity contribution in [2.45, 2.75) is 26.2 Å². The molecule has 0 aliphatic carbocycles. The van der Waals surface area contributed by atoms with Crippen LogP contribution in [0, 0.1) is 0 Å². The Bertz CT molecular complexity index is 515. The van der Waals surface area contributed by atoms with Crippen LogP contribution in [0.1, 0.15) is 0 Å². The molecule has 0 aromatic heterocycles. The van der Waals surface area contributed by atoms with Crippen molar-refractivity contribution in [3.05, 3.63) is 42.5 Å². The Labute approximate surface area is 106 Å². The lowest BCUT2D eigenvalue weighted by molar-refractivity contribution is 0.591. The van der Waals surface area contributed by atoms with E-state index in [9.17, 15) is 0 Å². The molecule has 0 bridgehead atoms. The Hall–Kier alpha value is -0.906. The van der Waals surface area contributed by atoms with Crippen molar-refractivity contribution < 1.29 is 4.12 Å². The predicted octanol–water partition coefficient (Wildman–Crippen LogP) is 3.52. The first kappa shape index (κ1) is 12.5. The molecule has 89 valence electrons. The van der Waals surface area contributed by atoms with Gasteiger partial charge in [0.25, 0.3) is 0 Å². The van der Waals surface area contributed by atoms with E-state index in [-0.39, 0.29) is 0 Å². The Balaban J connectivity index is 2.55. The van der Waals surface area contributed by atoms with E-state index in [2.05, 4.69) is 68.7 Å². The Morgan fingerprint density at radius 1 is 0.941 bits per heavy atom. The zero-order valence-electron chi connectivity index (χ0n) is 10.9. The molecular formula is C14H19OSi2. The Morgan fingerprint density at radius 2 is 1.59 bits per heavy atom. The molecule has 2 aromatic carbocycles. The SMILES string of the molecule is C[Si](C)O[Si](C)(C)c1cccc2ccccc12. The number of rotatable bonds is 3. The van der Waals surface area contributed by atoms with E-state index < -0.39 is 17.4 Å². The van der Waals surface area contributed by atoms with Crippen LogP contribution in [-0.4, -0.2) is 17.4 Å². The van der Waals surface area contributed by atoms with Gasteiger partial charge < -0.3 is 4.12 Å². The molecule has 0 spiro atoms. The van der Waals surface area contributed by atoms with Crippen molar-refractivity contribution in [2.24, 2.45) is 0 Å². The van der Waals surface area contributed by atoms with Crippen LogP contribution in [0.5, 0.6) is 0 Å². The van der Waals surface area contributed by atoms with Gasteiger partial charge in [-0.05, 0) is 42.1 Å². The molecule has 0 saturated heterocycles. The van der Waals surface area contributed by atoms with Crippen molar-refractivity contribution in [3.8, 4) is 0 Å². The summed E-state index contributed by atoms with van der Waals surface area (Å²) in [6.07, 6.45) is 0. The first-order valence-electron chi connectivity index (χ1n) is 5.98. The van der Waals surface area contributed by atoms with Gasteiger partial charge in [0.1, 0.15) is 0 Å². The third-order valence-electron chi connectivity index (χ3n) is 2.90. The summed E-state index contributed by atoms with van der Waals surface area (Å²) >= 11 is 0. The van der Waals surface area contributed by atoms with Crippen molar-refractivity contribution in [3.63, 3.8) is 0 Å².